The molecule has 0 fully saturated rings. The Morgan fingerprint density at radius 1 is 1.03 bits per heavy atom. The van der Waals surface area contributed by atoms with E-state index in [9.17, 15) is 0 Å². The van der Waals surface area contributed by atoms with Gasteiger partial charge in [0.2, 0.25) is 0 Å². The van der Waals surface area contributed by atoms with E-state index in [0.29, 0.717) is 18.4 Å². The van der Waals surface area contributed by atoms with Crippen molar-refractivity contribution in [2.45, 2.75) is 26.7 Å². The van der Waals surface area contributed by atoms with Crippen LogP contribution in [-0.2, 0) is 6.54 Å². The number of aromatic nitrogens is 3. The van der Waals surface area contributed by atoms with Crippen LogP contribution >= 0.6 is 0 Å². The molecule has 0 bridgehead atoms. The second-order valence-electron chi connectivity index (χ2n) is 8.31. The minimum atomic E-state index is -0.229. The molecular formula is C26H26N6. The van der Waals surface area contributed by atoms with E-state index in [1.54, 1.807) is 0 Å². The van der Waals surface area contributed by atoms with Crippen LogP contribution in [0.15, 0.2) is 78.2 Å². The van der Waals surface area contributed by atoms with Crippen molar-refractivity contribution in [3.8, 4) is 0 Å². The molecule has 0 spiro atoms. The number of pyridine rings is 1. The normalized spacial score (nSPS) is 22.4. The predicted molar refractivity (Wildman–Crippen MR) is 129 cm³/mol. The molecule has 32 heavy (non-hydrogen) atoms. The van der Waals surface area contributed by atoms with E-state index >= 15 is 0 Å². The van der Waals surface area contributed by atoms with Crippen molar-refractivity contribution >= 4 is 28.4 Å². The summed E-state index contributed by atoms with van der Waals surface area (Å²) in [5, 5.41) is 7.95. The number of allylic oxidation sites excluding steroid dienone is 5. The predicted octanol–water partition coefficient (Wildman–Crippen LogP) is 4.34. The largest absolute Gasteiger partial charge is 0.351 e. The number of nitrogens with zero attached hydrogens (tertiary/aromatic N) is 4. The highest BCUT2D eigenvalue weighted by Crippen LogP contribution is 2.26. The number of hydrogen-bond donors (Lipinski definition) is 2. The number of fused-ring (bicyclic) bond motifs is 1. The monoisotopic (exact) mass is 422 g/mol. The van der Waals surface area contributed by atoms with Crippen molar-refractivity contribution in [3.05, 3.63) is 90.2 Å². The molecule has 1 aromatic carbocycles. The third-order valence-electron chi connectivity index (χ3n) is 6.01. The molecule has 6 nitrogen and oxygen atoms in total. The van der Waals surface area contributed by atoms with Gasteiger partial charge in [0.1, 0.15) is 0 Å². The number of hydrogen-bond acceptors (Lipinski definition) is 6. The minimum Gasteiger partial charge on any atom is -0.351 e. The molecule has 2 aliphatic rings. The highest BCUT2D eigenvalue weighted by atomic mass is 15.3. The lowest BCUT2D eigenvalue weighted by molar-refractivity contribution is 0.489. The Morgan fingerprint density at radius 3 is 2.81 bits per heavy atom. The Kier molecular flexibility index (Phi) is 5.60. The van der Waals surface area contributed by atoms with Crippen LogP contribution in [0.4, 0.5) is 0 Å². The quantitative estimate of drug-likeness (QED) is 0.640. The van der Waals surface area contributed by atoms with Gasteiger partial charge in [-0.3, -0.25) is 25.3 Å². The highest BCUT2D eigenvalue weighted by Gasteiger charge is 2.15. The van der Waals surface area contributed by atoms with E-state index in [1.807, 2.05) is 43.0 Å². The van der Waals surface area contributed by atoms with Crippen LogP contribution in [0, 0.1) is 11.8 Å². The lowest BCUT2D eigenvalue weighted by Gasteiger charge is -2.22. The van der Waals surface area contributed by atoms with Crippen molar-refractivity contribution in [2.75, 3.05) is 0 Å². The van der Waals surface area contributed by atoms with Gasteiger partial charge in [0.25, 0.3) is 0 Å². The first-order chi connectivity index (χ1) is 15.7. The Labute approximate surface area is 187 Å². The first-order valence-electron chi connectivity index (χ1n) is 11.0. The summed E-state index contributed by atoms with van der Waals surface area (Å²) in [6.45, 7) is 5.03. The van der Waals surface area contributed by atoms with Crippen molar-refractivity contribution in [1.82, 2.24) is 25.6 Å². The van der Waals surface area contributed by atoms with E-state index in [0.717, 1.165) is 39.1 Å². The van der Waals surface area contributed by atoms with Gasteiger partial charge in [-0.15, -0.1) is 0 Å². The van der Waals surface area contributed by atoms with Gasteiger partial charge in [0.05, 0.1) is 29.3 Å². The Balaban J connectivity index is 1.21. The Hall–Kier alpha value is -3.64. The van der Waals surface area contributed by atoms with Crippen molar-refractivity contribution < 1.29 is 0 Å². The third-order valence-corrected chi connectivity index (χ3v) is 6.01. The van der Waals surface area contributed by atoms with E-state index in [4.69, 9.17) is 0 Å². The van der Waals surface area contributed by atoms with E-state index < -0.39 is 0 Å². The number of aliphatic imine (C=N–C) groups is 1. The summed E-state index contributed by atoms with van der Waals surface area (Å²) in [7, 11) is 0. The van der Waals surface area contributed by atoms with Crippen LogP contribution in [0.1, 0.15) is 30.8 Å². The zero-order chi connectivity index (χ0) is 21.9. The molecule has 2 aromatic heterocycles. The van der Waals surface area contributed by atoms with Gasteiger partial charge in [0, 0.05) is 30.0 Å². The lowest BCUT2D eigenvalue weighted by atomic mass is 9.88. The van der Waals surface area contributed by atoms with Crippen molar-refractivity contribution in [3.63, 3.8) is 0 Å². The molecule has 0 saturated carbocycles. The van der Waals surface area contributed by atoms with Gasteiger partial charge in [0.15, 0.2) is 6.29 Å². The fraction of sp³-hybridized carbons (Fsp3) is 0.231. The zero-order valence-corrected chi connectivity index (χ0v) is 18.2. The van der Waals surface area contributed by atoms with Crippen LogP contribution in [0.5, 0.6) is 0 Å². The molecule has 3 unspecified atom stereocenters. The summed E-state index contributed by atoms with van der Waals surface area (Å²) in [5.41, 5.74) is 6.03. The van der Waals surface area contributed by atoms with Crippen molar-refractivity contribution in [2.24, 2.45) is 16.8 Å². The molecule has 0 saturated heterocycles. The number of benzene rings is 1. The van der Waals surface area contributed by atoms with E-state index in [2.05, 4.69) is 80.9 Å². The maximum atomic E-state index is 4.62. The average Bonchev–Trinajstić information content (AvgIpc) is 2.85. The third kappa shape index (κ3) is 4.36. The molecule has 0 radical (unpaired) electrons. The molecule has 3 atom stereocenters. The van der Waals surface area contributed by atoms with Crippen LogP contribution in [0.25, 0.3) is 22.2 Å². The Bertz CT molecular complexity index is 1240. The number of rotatable bonds is 5. The Morgan fingerprint density at radius 2 is 1.97 bits per heavy atom. The average molecular weight is 423 g/mol. The van der Waals surface area contributed by atoms with Gasteiger partial charge < -0.3 is 5.32 Å². The first-order valence-corrected chi connectivity index (χ1v) is 11.0. The van der Waals surface area contributed by atoms with E-state index in [1.165, 1.54) is 0 Å². The van der Waals surface area contributed by atoms with Crippen LogP contribution < -0.4 is 10.6 Å². The molecule has 3 heterocycles. The topological polar surface area (TPSA) is 75.1 Å². The molecule has 5 rings (SSSR count). The van der Waals surface area contributed by atoms with Crippen LogP contribution in [0.2, 0.25) is 0 Å². The molecule has 160 valence electrons. The smallest absolute Gasteiger partial charge is 0.174 e. The molecular weight excluding hydrogens is 396 g/mol. The molecule has 1 aliphatic heterocycles. The van der Waals surface area contributed by atoms with Gasteiger partial charge >= 0.3 is 0 Å². The van der Waals surface area contributed by atoms with E-state index in [-0.39, 0.29) is 6.29 Å². The fourth-order valence-electron chi connectivity index (χ4n) is 3.85. The van der Waals surface area contributed by atoms with Gasteiger partial charge in [-0.1, -0.05) is 44.2 Å². The zero-order valence-electron chi connectivity index (χ0n) is 18.2. The summed E-state index contributed by atoms with van der Waals surface area (Å²) in [4.78, 5) is 18.1. The molecule has 1 aliphatic carbocycles. The molecule has 6 heteroatoms. The summed E-state index contributed by atoms with van der Waals surface area (Å²) in [6.07, 6.45) is 15.7. The summed E-state index contributed by atoms with van der Waals surface area (Å²) in [5.74, 6) is 1.07. The van der Waals surface area contributed by atoms with Gasteiger partial charge in [-0.05, 0) is 47.2 Å². The second-order valence-corrected chi connectivity index (χ2v) is 8.31. The second kappa shape index (κ2) is 8.85. The van der Waals surface area contributed by atoms with Gasteiger partial charge in [-0.2, -0.15) is 0 Å². The standard InChI is InChI=1S/C26H26N6/c1-17-5-6-20(12-18(17)2)25-16-29-22(14-30-25)15-31-26-28-11-9-24(32-26)21-7-8-23-19(13-21)4-3-10-27-23/h3-14,16-18,26,31-32H,15H2,1-2H3. The van der Waals surface area contributed by atoms with Gasteiger partial charge in [-0.25, -0.2) is 0 Å². The maximum Gasteiger partial charge on any atom is 0.174 e. The van der Waals surface area contributed by atoms with Crippen LogP contribution in [0.3, 0.4) is 0 Å². The SMILES string of the molecule is CC1C=CC(c2cnc(CNC3N=CC=C(c4ccc5ncccc5c4)N3)cn2)=CC1C. The molecule has 2 N–H and O–H groups in total. The molecule has 0 amide bonds. The summed E-state index contributed by atoms with van der Waals surface area (Å²) >= 11 is 0. The summed E-state index contributed by atoms with van der Waals surface area (Å²) in [6, 6.07) is 10.3. The van der Waals surface area contributed by atoms with Crippen molar-refractivity contribution in [1.29, 1.82) is 0 Å². The fourth-order valence-corrected chi connectivity index (χ4v) is 3.85. The lowest BCUT2D eigenvalue weighted by Crippen LogP contribution is -2.41. The highest BCUT2D eigenvalue weighted by molar-refractivity contribution is 5.89. The number of nitrogens with one attached hydrogen (secondary N) is 2. The first kappa shape index (κ1) is 20.3. The summed E-state index contributed by atoms with van der Waals surface area (Å²) < 4.78 is 0. The maximum absolute atomic E-state index is 4.62. The molecule has 3 aromatic rings. The van der Waals surface area contributed by atoms with Crippen LogP contribution in [-0.4, -0.2) is 27.5 Å². The minimum absolute atomic E-state index is 0.229.